The zero-order valence-corrected chi connectivity index (χ0v) is 13.6. The van der Waals surface area contributed by atoms with Gasteiger partial charge in [0, 0.05) is 24.7 Å². The highest BCUT2D eigenvalue weighted by Gasteiger charge is 2.35. The second kappa shape index (κ2) is 7.30. The summed E-state index contributed by atoms with van der Waals surface area (Å²) in [5, 5.41) is 3.98. The predicted octanol–water partition coefficient (Wildman–Crippen LogP) is 2.86. The van der Waals surface area contributed by atoms with Crippen molar-refractivity contribution < 1.29 is 4.79 Å². The van der Waals surface area contributed by atoms with Crippen molar-refractivity contribution in [2.45, 2.75) is 25.7 Å². The summed E-state index contributed by atoms with van der Waals surface area (Å²) in [6, 6.07) is 7.61. The Labute approximate surface area is 132 Å². The van der Waals surface area contributed by atoms with Gasteiger partial charge in [0.05, 0.1) is 5.41 Å². The average Bonchev–Trinajstić information content (AvgIpc) is 2.67. The van der Waals surface area contributed by atoms with Gasteiger partial charge in [-0.25, -0.2) is 0 Å². The number of benzene rings is 1. The average molecular weight is 317 g/mol. The maximum Gasteiger partial charge on any atom is 0.232 e. The van der Waals surface area contributed by atoms with Crippen LogP contribution >= 0.6 is 24.0 Å². The summed E-state index contributed by atoms with van der Waals surface area (Å²) in [4.78, 5) is 14.7. The Hall–Kier alpha value is -0.770. The van der Waals surface area contributed by atoms with Gasteiger partial charge in [0.15, 0.2) is 0 Å². The van der Waals surface area contributed by atoms with Crippen molar-refractivity contribution in [2.24, 2.45) is 0 Å². The molecule has 112 valence electrons. The molecule has 2 rings (SSSR count). The van der Waals surface area contributed by atoms with E-state index in [1.54, 1.807) is 0 Å². The molecular formula is C15H22Cl2N2O. The number of halogens is 2. The van der Waals surface area contributed by atoms with Crippen LogP contribution in [0, 0.1) is 0 Å². The lowest BCUT2D eigenvalue weighted by Crippen LogP contribution is -2.45. The van der Waals surface area contributed by atoms with Gasteiger partial charge in [0.2, 0.25) is 5.91 Å². The van der Waals surface area contributed by atoms with E-state index in [9.17, 15) is 4.79 Å². The lowest BCUT2D eigenvalue weighted by Gasteiger charge is -2.32. The maximum absolute atomic E-state index is 12.8. The Morgan fingerprint density at radius 2 is 1.95 bits per heavy atom. The molecule has 0 saturated carbocycles. The van der Waals surface area contributed by atoms with Crippen LogP contribution in [0.2, 0.25) is 5.02 Å². The van der Waals surface area contributed by atoms with Crippen LogP contribution in [0.5, 0.6) is 0 Å². The van der Waals surface area contributed by atoms with E-state index in [4.69, 9.17) is 11.6 Å². The normalized spacial score (nSPS) is 16.2. The number of nitrogens with one attached hydrogen (secondary N) is 1. The molecule has 0 unspecified atom stereocenters. The van der Waals surface area contributed by atoms with Gasteiger partial charge in [0.1, 0.15) is 0 Å². The predicted molar refractivity (Wildman–Crippen MR) is 85.8 cm³/mol. The number of hydrogen-bond donors (Lipinski definition) is 1. The van der Waals surface area contributed by atoms with E-state index < -0.39 is 5.41 Å². The van der Waals surface area contributed by atoms with Crippen LogP contribution in [0.4, 0.5) is 0 Å². The summed E-state index contributed by atoms with van der Waals surface area (Å²) in [6.07, 6.45) is 1.00. The van der Waals surface area contributed by atoms with Crippen molar-refractivity contribution in [3.05, 3.63) is 34.9 Å². The van der Waals surface area contributed by atoms with Gasteiger partial charge in [-0.1, -0.05) is 29.8 Å². The van der Waals surface area contributed by atoms with Crippen molar-refractivity contribution in [1.82, 2.24) is 10.2 Å². The third-order valence-electron chi connectivity index (χ3n) is 3.71. The monoisotopic (exact) mass is 316 g/mol. The number of carbonyl (C=O) groups excluding carboxylic acids is 1. The van der Waals surface area contributed by atoms with Crippen LogP contribution in [-0.2, 0) is 10.2 Å². The minimum Gasteiger partial charge on any atom is -0.341 e. The van der Waals surface area contributed by atoms with Crippen molar-refractivity contribution in [3.63, 3.8) is 0 Å². The first-order valence-electron chi connectivity index (χ1n) is 6.78. The molecular weight excluding hydrogens is 295 g/mol. The first kappa shape index (κ1) is 17.3. The summed E-state index contributed by atoms with van der Waals surface area (Å²) in [7, 11) is 0. The summed E-state index contributed by atoms with van der Waals surface area (Å²) >= 11 is 6.24. The van der Waals surface area contributed by atoms with Crippen LogP contribution < -0.4 is 5.32 Å². The highest BCUT2D eigenvalue weighted by molar-refractivity contribution is 6.31. The van der Waals surface area contributed by atoms with Gasteiger partial charge in [-0.2, -0.15) is 0 Å². The summed E-state index contributed by atoms with van der Waals surface area (Å²) in [5.41, 5.74) is 0.321. The van der Waals surface area contributed by atoms with E-state index in [1.807, 2.05) is 43.0 Å². The summed E-state index contributed by atoms with van der Waals surface area (Å²) in [5.74, 6) is 0.157. The van der Waals surface area contributed by atoms with Crippen LogP contribution in [0.3, 0.4) is 0 Å². The molecule has 1 fully saturated rings. The van der Waals surface area contributed by atoms with Crippen molar-refractivity contribution >= 4 is 29.9 Å². The molecule has 0 aliphatic carbocycles. The molecule has 0 bridgehead atoms. The first-order chi connectivity index (χ1) is 9.03. The maximum atomic E-state index is 12.8. The quantitative estimate of drug-likeness (QED) is 0.910. The summed E-state index contributed by atoms with van der Waals surface area (Å²) < 4.78 is 0. The van der Waals surface area contributed by atoms with E-state index in [1.165, 1.54) is 0 Å². The highest BCUT2D eigenvalue weighted by Crippen LogP contribution is 2.31. The van der Waals surface area contributed by atoms with Gasteiger partial charge in [0.25, 0.3) is 0 Å². The molecule has 1 aliphatic heterocycles. The molecule has 0 atom stereocenters. The molecule has 1 amide bonds. The molecule has 1 aromatic rings. The highest BCUT2D eigenvalue weighted by atomic mass is 35.5. The minimum absolute atomic E-state index is 0. The van der Waals surface area contributed by atoms with Crippen LogP contribution in [0.1, 0.15) is 25.8 Å². The number of carbonyl (C=O) groups is 1. The minimum atomic E-state index is -0.581. The Balaban J connectivity index is 0.00000200. The second-order valence-corrected chi connectivity index (χ2v) is 5.91. The zero-order valence-electron chi connectivity index (χ0n) is 12.0. The SMILES string of the molecule is CC(C)(C(=O)N1CCCNCC1)c1ccccc1Cl.Cl. The zero-order chi connectivity index (χ0) is 13.9. The van der Waals surface area contributed by atoms with E-state index in [-0.39, 0.29) is 18.3 Å². The number of hydrogen-bond acceptors (Lipinski definition) is 2. The molecule has 1 aromatic carbocycles. The third kappa shape index (κ3) is 3.66. The van der Waals surface area contributed by atoms with Crippen LogP contribution in [-0.4, -0.2) is 37.0 Å². The van der Waals surface area contributed by atoms with Crippen molar-refractivity contribution in [2.75, 3.05) is 26.2 Å². The van der Waals surface area contributed by atoms with E-state index in [0.29, 0.717) is 5.02 Å². The fraction of sp³-hybridized carbons (Fsp3) is 0.533. The Morgan fingerprint density at radius 3 is 2.65 bits per heavy atom. The Kier molecular flexibility index (Phi) is 6.31. The Bertz CT molecular complexity index is 455. The lowest BCUT2D eigenvalue weighted by atomic mass is 9.83. The lowest BCUT2D eigenvalue weighted by molar-refractivity contribution is -0.136. The number of nitrogens with zero attached hydrogens (tertiary/aromatic N) is 1. The summed E-state index contributed by atoms with van der Waals surface area (Å²) in [6.45, 7) is 7.34. The van der Waals surface area contributed by atoms with Gasteiger partial charge in [-0.3, -0.25) is 4.79 Å². The van der Waals surface area contributed by atoms with E-state index in [2.05, 4.69) is 5.32 Å². The molecule has 3 nitrogen and oxygen atoms in total. The smallest absolute Gasteiger partial charge is 0.232 e. The van der Waals surface area contributed by atoms with Crippen molar-refractivity contribution in [1.29, 1.82) is 0 Å². The van der Waals surface area contributed by atoms with Gasteiger partial charge in [-0.05, 0) is 38.4 Å². The molecule has 1 saturated heterocycles. The van der Waals surface area contributed by atoms with E-state index >= 15 is 0 Å². The van der Waals surface area contributed by atoms with Gasteiger partial charge in [-0.15, -0.1) is 12.4 Å². The molecule has 20 heavy (non-hydrogen) atoms. The molecule has 0 radical (unpaired) electrons. The molecule has 1 N–H and O–H groups in total. The number of amides is 1. The number of rotatable bonds is 2. The first-order valence-corrected chi connectivity index (χ1v) is 7.16. The third-order valence-corrected chi connectivity index (χ3v) is 4.04. The van der Waals surface area contributed by atoms with Crippen molar-refractivity contribution in [3.8, 4) is 0 Å². The molecule has 1 heterocycles. The standard InChI is InChI=1S/C15H21ClN2O.ClH/c1-15(2,12-6-3-4-7-13(12)16)14(19)18-10-5-8-17-9-11-18;/h3-4,6-7,17H,5,8-11H2,1-2H3;1H. The molecule has 0 spiro atoms. The second-order valence-electron chi connectivity index (χ2n) is 5.50. The topological polar surface area (TPSA) is 32.3 Å². The Morgan fingerprint density at radius 1 is 1.25 bits per heavy atom. The van der Waals surface area contributed by atoms with Crippen LogP contribution in [0.25, 0.3) is 0 Å². The largest absolute Gasteiger partial charge is 0.341 e. The molecule has 5 heteroatoms. The van der Waals surface area contributed by atoms with Gasteiger partial charge >= 0.3 is 0 Å². The molecule has 0 aromatic heterocycles. The molecule has 1 aliphatic rings. The van der Waals surface area contributed by atoms with E-state index in [0.717, 1.165) is 38.2 Å². The van der Waals surface area contributed by atoms with Gasteiger partial charge < -0.3 is 10.2 Å². The fourth-order valence-corrected chi connectivity index (χ4v) is 2.90. The fourth-order valence-electron chi connectivity index (χ4n) is 2.53. The van der Waals surface area contributed by atoms with Crippen LogP contribution in [0.15, 0.2) is 24.3 Å².